The molecule has 0 saturated heterocycles. The Balaban J connectivity index is 0.00000225. The molecular weight excluding hydrogens is 427 g/mol. The first-order valence-electron chi connectivity index (χ1n) is 8.52. The third-order valence-electron chi connectivity index (χ3n) is 3.91. The number of aliphatic imine (C=N–C) groups is 1. The van der Waals surface area contributed by atoms with Crippen molar-refractivity contribution in [3.8, 4) is 5.75 Å². The number of nitrogens with zero attached hydrogens (tertiary/aromatic N) is 2. The van der Waals surface area contributed by atoms with Gasteiger partial charge >= 0.3 is 0 Å². The standard InChI is InChI=1S/C19H24N4O.HI/c1-2-20-19(22-12-10-16-8-5-6-11-21-16)23-14-17-13-15-7-3-4-9-18(15)24-17;/h3-9,11,17H,2,10,12-14H2,1H3,(H2,20,22,23);1H. The molecule has 25 heavy (non-hydrogen) atoms. The maximum Gasteiger partial charge on any atom is 0.191 e. The predicted molar refractivity (Wildman–Crippen MR) is 112 cm³/mol. The molecule has 1 aliphatic heterocycles. The molecule has 0 amide bonds. The summed E-state index contributed by atoms with van der Waals surface area (Å²) in [7, 11) is 0. The van der Waals surface area contributed by atoms with Crippen LogP contribution in [-0.2, 0) is 12.8 Å². The average Bonchev–Trinajstić information content (AvgIpc) is 3.03. The summed E-state index contributed by atoms with van der Waals surface area (Å²) in [5.41, 5.74) is 2.35. The molecule has 1 aromatic carbocycles. The second kappa shape index (κ2) is 10.2. The van der Waals surface area contributed by atoms with Gasteiger partial charge in [0.15, 0.2) is 5.96 Å². The van der Waals surface area contributed by atoms with Crippen molar-refractivity contribution in [1.82, 2.24) is 15.6 Å². The van der Waals surface area contributed by atoms with Crippen LogP contribution in [0.1, 0.15) is 18.2 Å². The van der Waals surface area contributed by atoms with Gasteiger partial charge in [-0.2, -0.15) is 0 Å². The second-order valence-electron chi connectivity index (χ2n) is 5.77. The van der Waals surface area contributed by atoms with Crippen LogP contribution in [0.4, 0.5) is 0 Å². The number of benzene rings is 1. The van der Waals surface area contributed by atoms with Gasteiger partial charge in [0.05, 0.1) is 6.54 Å². The summed E-state index contributed by atoms with van der Waals surface area (Å²) in [4.78, 5) is 8.99. The molecule has 1 aliphatic rings. The van der Waals surface area contributed by atoms with E-state index in [1.54, 1.807) is 0 Å². The summed E-state index contributed by atoms with van der Waals surface area (Å²) in [5, 5.41) is 6.63. The molecule has 5 nitrogen and oxygen atoms in total. The SMILES string of the molecule is CCNC(=NCC1Cc2ccccc2O1)NCCc1ccccn1.I. The van der Waals surface area contributed by atoms with Crippen molar-refractivity contribution in [2.24, 2.45) is 4.99 Å². The van der Waals surface area contributed by atoms with Crippen molar-refractivity contribution in [2.45, 2.75) is 25.9 Å². The van der Waals surface area contributed by atoms with Gasteiger partial charge in [-0.1, -0.05) is 24.3 Å². The maximum atomic E-state index is 5.94. The van der Waals surface area contributed by atoms with Crippen LogP contribution in [0.3, 0.4) is 0 Å². The van der Waals surface area contributed by atoms with E-state index in [0.717, 1.165) is 43.3 Å². The van der Waals surface area contributed by atoms with Gasteiger partial charge in [-0.05, 0) is 30.7 Å². The molecule has 6 heteroatoms. The number of hydrogen-bond donors (Lipinski definition) is 2. The average molecular weight is 452 g/mol. The van der Waals surface area contributed by atoms with Crippen LogP contribution in [0, 0.1) is 0 Å². The largest absolute Gasteiger partial charge is 0.488 e. The van der Waals surface area contributed by atoms with Gasteiger partial charge in [-0.3, -0.25) is 4.98 Å². The number of guanidine groups is 1. The zero-order valence-electron chi connectivity index (χ0n) is 14.4. The highest BCUT2D eigenvalue weighted by atomic mass is 127. The van der Waals surface area contributed by atoms with Gasteiger partial charge in [-0.25, -0.2) is 4.99 Å². The second-order valence-corrected chi connectivity index (χ2v) is 5.77. The minimum absolute atomic E-state index is 0. The van der Waals surface area contributed by atoms with Gasteiger partial charge in [0.2, 0.25) is 0 Å². The lowest BCUT2D eigenvalue weighted by Crippen LogP contribution is -2.39. The van der Waals surface area contributed by atoms with Gasteiger partial charge in [0.1, 0.15) is 11.9 Å². The van der Waals surface area contributed by atoms with Crippen LogP contribution in [-0.4, -0.2) is 36.7 Å². The molecule has 0 spiro atoms. The smallest absolute Gasteiger partial charge is 0.191 e. The Hall–Kier alpha value is -1.83. The van der Waals surface area contributed by atoms with E-state index in [-0.39, 0.29) is 30.1 Å². The molecule has 1 atom stereocenters. The van der Waals surface area contributed by atoms with Crippen molar-refractivity contribution in [2.75, 3.05) is 19.6 Å². The lowest BCUT2D eigenvalue weighted by molar-refractivity contribution is 0.241. The summed E-state index contributed by atoms with van der Waals surface area (Å²) in [6, 6.07) is 14.2. The minimum Gasteiger partial charge on any atom is -0.488 e. The Morgan fingerprint density at radius 2 is 2.04 bits per heavy atom. The number of hydrogen-bond acceptors (Lipinski definition) is 3. The van der Waals surface area contributed by atoms with Crippen LogP contribution in [0.5, 0.6) is 5.75 Å². The summed E-state index contributed by atoms with van der Waals surface area (Å²) >= 11 is 0. The Bertz CT molecular complexity index is 653. The van der Waals surface area contributed by atoms with Crippen molar-refractivity contribution < 1.29 is 4.74 Å². The molecule has 134 valence electrons. The molecule has 3 rings (SSSR count). The van der Waals surface area contributed by atoms with E-state index >= 15 is 0 Å². The summed E-state index contributed by atoms with van der Waals surface area (Å²) < 4.78 is 5.94. The van der Waals surface area contributed by atoms with Crippen LogP contribution < -0.4 is 15.4 Å². The molecule has 1 unspecified atom stereocenters. The zero-order valence-corrected chi connectivity index (χ0v) is 16.8. The lowest BCUT2D eigenvalue weighted by atomic mass is 10.1. The fourth-order valence-corrected chi connectivity index (χ4v) is 2.75. The predicted octanol–water partition coefficient (Wildman–Crippen LogP) is 2.80. The van der Waals surface area contributed by atoms with Gasteiger partial charge in [0.25, 0.3) is 0 Å². The molecular formula is C19H25IN4O. The topological polar surface area (TPSA) is 58.5 Å². The fourth-order valence-electron chi connectivity index (χ4n) is 2.75. The third-order valence-corrected chi connectivity index (χ3v) is 3.91. The normalized spacial score (nSPS) is 15.7. The fraction of sp³-hybridized carbons (Fsp3) is 0.368. The van der Waals surface area contributed by atoms with E-state index < -0.39 is 0 Å². The molecule has 0 aliphatic carbocycles. The molecule has 0 saturated carbocycles. The number of aromatic nitrogens is 1. The quantitative estimate of drug-likeness (QED) is 0.402. The number of halogens is 1. The Morgan fingerprint density at radius 3 is 2.80 bits per heavy atom. The summed E-state index contributed by atoms with van der Waals surface area (Å²) in [6.07, 6.45) is 3.74. The van der Waals surface area contributed by atoms with Crippen LogP contribution in [0.2, 0.25) is 0 Å². The number of para-hydroxylation sites is 1. The van der Waals surface area contributed by atoms with E-state index in [1.807, 2.05) is 36.5 Å². The molecule has 2 heterocycles. The number of pyridine rings is 1. The first kappa shape index (κ1) is 19.5. The van der Waals surface area contributed by atoms with Crippen molar-refractivity contribution in [3.05, 3.63) is 59.9 Å². The van der Waals surface area contributed by atoms with Gasteiger partial charge < -0.3 is 15.4 Å². The molecule has 0 bridgehead atoms. The Morgan fingerprint density at radius 1 is 1.20 bits per heavy atom. The molecule has 0 radical (unpaired) electrons. The van der Waals surface area contributed by atoms with E-state index in [2.05, 4.69) is 39.7 Å². The summed E-state index contributed by atoms with van der Waals surface area (Å²) in [6.45, 7) is 4.35. The highest BCUT2D eigenvalue weighted by Crippen LogP contribution is 2.28. The Labute approximate surface area is 166 Å². The van der Waals surface area contributed by atoms with Crippen LogP contribution >= 0.6 is 24.0 Å². The van der Waals surface area contributed by atoms with Crippen molar-refractivity contribution in [3.63, 3.8) is 0 Å². The third kappa shape index (κ3) is 5.88. The highest BCUT2D eigenvalue weighted by Gasteiger charge is 2.21. The number of nitrogens with one attached hydrogen (secondary N) is 2. The molecule has 2 aromatic rings. The molecule has 2 N–H and O–H groups in total. The number of rotatable bonds is 6. The van der Waals surface area contributed by atoms with Gasteiger partial charge in [0, 0.05) is 37.8 Å². The minimum atomic E-state index is 0. The molecule has 1 aromatic heterocycles. The maximum absolute atomic E-state index is 5.94. The number of fused-ring (bicyclic) bond motifs is 1. The monoisotopic (exact) mass is 452 g/mol. The van der Waals surface area contributed by atoms with E-state index in [1.165, 1.54) is 5.56 Å². The first-order chi connectivity index (χ1) is 11.8. The zero-order chi connectivity index (χ0) is 16.6. The van der Waals surface area contributed by atoms with Crippen molar-refractivity contribution in [1.29, 1.82) is 0 Å². The van der Waals surface area contributed by atoms with E-state index in [0.29, 0.717) is 6.54 Å². The molecule has 0 fully saturated rings. The Kier molecular flexibility index (Phi) is 7.97. The van der Waals surface area contributed by atoms with Crippen LogP contribution in [0.15, 0.2) is 53.7 Å². The highest BCUT2D eigenvalue weighted by molar-refractivity contribution is 14.0. The van der Waals surface area contributed by atoms with Crippen molar-refractivity contribution >= 4 is 29.9 Å². The van der Waals surface area contributed by atoms with Crippen LogP contribution in [0.25, 0.3) is 0 Å². The lowest BCUT2D eigenvalue weighted by Gasteiger charge is -2.13. The van der Waals surface area contributed by atoms with Gasteiger partial charge in [-0.15, -0.1) is 24.0 Å². The van der Waals surface area contributed by atoms with E-state index in [9.17, 15) is 0 Å². The summed E-state index contributed by atoms with van der Waals surface area (Å²) in [5.74, 6) is 1.82. The van der Waals surface area contributed by atoms with E-state index in [4.69, 9.17) is 4.74 Å². The number of ether oxygens (including phenoxy) is 1. The first-order valence-corrected chi connectivity index (χ1v) is 8.52.